The van der Waals surface area contributed by atoms with Crippen molar-refractivity contribution in [2.45, 2.75) is 46.2 Å². The van der Waals surface area contributed by atoms with Crippen molar-refractivity contribution in [1.29, 1.82) is 0 Å². The summed E-state index contributed by atoms with van der Waals surface area (Å²) in [6.07, 6.45) is 1.11. The fourth-order valence-corrected chi connectivity index (χ4v) is 2.43. The van der Waals surface area contributed by atoms with Crippen molar-refractivity contribution in [1.82, 2.24) is 5.32 Å². The molecule has 0 radical (unpaired) electrons. The highest BCUT2D eigenvalue weighted by molar-refractivity contribution is 5.43. The molecule has 0 spiro atoms. The second-order valence-electron chi connectivity index (χ2n) is 5.63. The molecular weight excluding hydrogens is 266 g/mol. The highest BCUT2D eigenvalue weighted by atomic mass is 16.5. The second-order valence-corrected chi connectivity index (χ2v) is 5.63. The first-order valence-electron chi connectivity index (χ1n) is 7.71. The second kappa shape index (κ2) is 8.90. The zero-order valence-electron chi connectivity index (χ0n) is 13.8. The molecule has 0 heterocycles. The quantitative estimate of drug-likeness (QED) is 0.735. The highest BCUT2D eigenvalue weighted by Gasteiger charge is 2.16. The van der Waals surface area contributed by atoms with Gasteiger partial charge in [-0.1, -0.05) is 26.8 Å². The van der Waals surface area contributed by atoms with Crippen LogP contribution in [0.2, 0.25) is 0 Å². The SMILES string of the molecule is CC[C@H](N[C@H](C)c1ccc(OCCO)c(OC)c1)C(C)C. The first-order chi connectivity index (χ1) is 10.0. The smallest absolute Gasteiger partial charge is 0.161 e. The molecule has 0 unspecified atom stereocenters. The molecule has 120 valence electrons. The maximum atomic E-state index is 8.84. The number of nitrogens with one attached hydrogen (secondary N) is 1. The minimum Gasteiger partial charge on any atom is -0.493 e. The molecule has 2 N–H and O–H groups in total. The summed E-state index contributed by atoms with van der Waals surface area (Å²) >= 11 is 0. The van der Waals surface area contributed by atoms with Crippen LogP contribution in [0, 0.1) is 5.92 Å². The molecule has 0 bridgehead atoms. The van der Waals surface area contributed by atoms with E-state index in [4.69, 9.17) is 14.6 Å². The zero-order valence-corrected chi connectivity index (χ0v) is 13.8. The number of hydrogen-bond acceptors (Lipinski definition) is 4. The minimum atomic E-state index is -0.00453. The lowest BCUT2D eigenvalue weighted by Crippen LogP contribution is -2.35. The van der Waals surface area contributed by atoms with E-state index in [9.17, 15) is 0 Å². The van der Waals surface area contributed by atoms with Crippen molar-refractivity contribution in [2.24, 2.45) is 5.92 Å². The number of benzene rings is 1. The molecule has 21 heavy (non-hydrogen) atoms. The predicted octanol–water partition coefficient (Wildman–Crippen LogP) is 3.15. The molecule has 0 aliphatic heterocycles. The Bertz CT molecular complexity index is 420. The summed E-state index contributed by atoms with van der Waals surface area (Å²) in [6, 6.07) is 6.69. The van der Waals surface area contributed by atoms with Gasteiger partial charge in [-0.2, -0.15) is 0 Å². The van der Waals surface area contributed by atoms with E-state index in [1.54, 1.807) is 7.11 Å². The molecule has 0 aliphatic rings. The molecular formula is C17H29NO3. The molecule has 0 saturated heterocycles. The number of aliphatic hydroxyl groups is 1. The van der Waals surface area contributed by atoms with Crippen LogP contribution < -0.4 is 14.8 Å². The predicted molar refractivity (Wildman–Crippen MR) is 86.0 cm³/mol. The average molecular weight is 295 g/mol. The Hall–Kier alpha value is -1.26. The summed E-state index contributed by atoms with van der Waals surface area (Å²) in [5, 5.41) is 12.5. The van der Waals surface area contributed by atoms with Crippen LogP contribution in [-0.2, 0) is 0 Å². The summed E-state index contributed by atoms with van der Waals surface area (Å²) in [5.74, 6) is 1.97. The maximum absolute atomic E-state index is 8.84. The Kier molecular flexibility index (Phi) is 7.54. The van der Waals surface area contributed by atoms with Crippen molar-refractivity contribution in [3.63, 3.8) is 0 Å². The number of aliphatic hydroxyl groups excluding tert-OH is 1. The molecule has 1 rings (SSSR count). The zero-order chi connectivity index (χ0) is 15.8. The van der Waals surface area contributed by atoms with E-state index in [-0.39, 0.29) is 19.3 Å². The molecule has 0 aliphatic carbocycles. The number of hydrogen-bond donors (Lipinski definition) is 2. The largest absolute Gasteiger partial charge is 0.493 e. The van der Waals surface area contributed by atoms with Crippen LogP contribution in [0.4, 0.5) is 0 Å². The van der Waals surface area contributed by atoms with Crippen molar-refractivity contribution in [3.05, 3.63) is 23.8 Å². The average Bonchev–Trinajstić information content (AvgIpc) is 2.49. The van der Waals surface area contributed by atoms with Crippen molar-refractivity contribution in [2.75, 3.05) is 20.3 Å². The van der Waals surface area contributed by atoms with Gasteiger partial charge in [-0.3, -0.25) is 0 Å². The van der Waals surface area contributed by atoms with Crippen LogP contribution in [0.5, 0.6) is 11.5 Å². The van der Waals surface area contributed by atoms with Gasteiger partial charge in [0.2, 0.25) is 0 Å². The Balaban J connectivity index is 2.82. The summed E-state index contributed by atoms with van der Waals surface area (Å²) in [6.45, 7) is 9.11. The molecule has 1 aromatic carbocycles. The van der Waals surface area contributed by atoms with E-state index < -0.39 is 0 Å². The van der Waals surface area contributed by atoms with Crippen molar-refractivity contribution in [3.8, 4) is 11.5 Å². The van der Waals surface area contributed by atoms with E-state index in [0.717, 1.165) is 6.42 Å². The van der Waals surface area contributed by atoms with Gasteiger partial charge >= 0.3 is 0 Å². The van der Waals surface area contributed by atoms with Crippen LogP contribution in [0.25, 0.3) is 0 Å². The summed E-state index contributed by atoms with van der Waals surface area (Å²) in [4.78, 5) is 0. The number of methoxy groups -OCH3 is 1. The molecule has 2 atom stereocenters. The van der Waals surface area contributed by atoms with Gasteiger partial charge in [0.05, 0.1) is 13.7 Å². The number of ether oxygens (including phenoxy) is 2. The summed E-state index contributed by atoms with van der Waals surface area (Å²) < 4.78 is 10.8. The van der Waals surface area contributed by atoms with Crippen LogP contribution in [0.1, 0.15) is 45.7 Å². The van der Waals surface area contributed by atoms with Crippen LogP contribution in [0.15, 0.2) is 18.2 Å². The molecule has 0 aromatic heterocycles. The Morgan fingerprint density at radius 2 is 1.90 bits per heavy atom. The van der Waals surface area contributed by atoms with Gasteiger partial charge < -0.3 is 19.9 Å². The van der Waals surface area contributed by atoms with Gasteiger partial charge in [-0.25, -0.2) is 0 Å². The molecule has 4 nitrogen and oxygen atoms in total. The van der Waals surface area contributed by atoms with Gasteiger partial charge in [0.15, 0.2) is 11.5 Å². The Labute approximate surface area is 128 Å². The van der Waals surface area contributed by atoms with Crippen molar-refractivity contribution < 1.29 is 14.6 Å². The van der Waals surface area contributed by atoms with E-state index in [1.165, 1.54) is 5.56 Å². The van der Waals surface area contributed by atoms with Gasteiger partial charge in [-0.15, -0.1) is 0 Å². The van der Waals surface area contributed by atoms with E-state index >= 15 is 0 Å². The van der Waals surface area contributed by atoms with Crippen molar-refractivity contribution >= 4 is 0 Å². The Morgan fingerprint density at radius 3 is 2.43 bits per heavy atom. The lowest BCUT2D eigenvalue weighted by atomic mass is 9.99. The Morgan fingerprint density at radius 1 is 1.19 bits per heavy atom. The van der Waals surface area contributed by atoms with Gasteiger partial charge in [0, 0.05) is 12.1 Å². The van der Waals surface area contributed by atoms with E-state index in [0.29, 0.717) is 23.5 Å². The highest BCUT2D eigenvalue weighted by Crippen LogP contribution is 2.30. The standard InChI is InChI=1S/C17H29NO3/c1-6-15(12(2)3)18-13(4)14-7-8-16(21-10-9-19)17(11-14)20-5/h7-8,11-13,15,18-19H,6,9-10H2,1-5H3/t13-,15+/m1/s1. The number of rotatable bonds is 9. The lowest BCUT2D eigenvalue weighted by Gasteiger charge is -2.26. The van der Waals surface area contributed by atoms with Crippen LogP contribution in [0.3, 0.4) is 0 Å². The summed E-state index contributed by atoms with van der Waals surface area (Å²) in [7, 11) is 1.63. The van der Waals surface area contributed by atoms with E-state index in [2.05, 4.69) is 33.0 Å². The fraction of sp³-hybridized carbons (Fsp3) is 0.647. The minimum absolute atomic E-state index is 0.00453. The normalized spacial score (nSPS) is 14.0. The molecule has 4 heteroatoms. The maximum Gasteiger partial charge on any atom is 0.161 e. The molecule has 0 saturated carbocycles. The molecule has 0 fully saturated rings. The van der Waals surface area contributed by atoms with Gasteiger partial charge in [-0.05, 0) is 37.0 Å². The third-order valence-electron chi connectivity index (χ3n) is 3.75. The molecule has 0 amide bonds. The third kappa shape index (κ3) is 5.21. The lowest BCUT2D eigenvalue weighted by molar-refractivity contribution is 0.196. The first-order valence-corrected chi connectivity index (χ1v) is 7.71. The fourth-order valence-electron chi connectivity index (χ4n) is 2.43. The van der Waals surface area contributed by atoms with Gasteiger partial charge in [0.25, 0.3) is 0 Å². The third-order valence-corrected chi connectivity index (χ3v) is 3.75. The monoisotopic (exact) mass is 295 g/mol. The molecule has 1 aromatic rings. The van der Waals surface area contributed by atoms with Gasteiger partial charge in [0.1, 0.15) is 6.61 Å². The first kappa shape index (κ1) is 17.8. The topological polar surface area (TPSA) is 50.7 Å². The van der Waals surface area contributed by atoms with Crippen LogP contribution in [-0.4, -0.2) is 31.5 Å². The van der Waals surface area contributed by atoms with E-state index in [1.807, 2.05) is 18.2 Å². The van der Waals surface area contributed by atoms with Crippen LogP contribution >= 0.6 is 0 Å². The summed E-state index contributed by atoms with van der Waals surface area (Å²) in [5.41, 5.74) is 1.17.